The number of ether oxygens (including phenoxy) is 1. The van der Waals surface area contributed by atoms with Crippen molar-refractivity contribution in [2.24, 2.45) is 0 Å². The molecule has 2 atom stereocenters. The van der Waals surface area contributed by atoms with E-state index < -0.39 is 18.0 Å². The molecule has 132 valence electrons. The third-order valence-electron chi connectivity index (χ3n) is 3.99. The van der Waals surface area contributed by atoms with Gasteiger partial charge in [0.2, 0.25) is 0 Å². The van der Waals surface area contributed by atoms with Crippen molar-refractivity contribution < 1.29 is 14.3 Å². The van der Waals surface area contributed by atoms with Crippen molar-refractivity contribution in [1.29, 1.82) is 0 Å². The number of amides is 1. The lowest BCUT2D eigenvalue weighted by Gasteiger charge is -2.18. The summed E-state index contributed by atoms with van der Waals surface area (Å²) in [6.07, 6.45) is 1.46. The molecule has 0 aliphatic rings. The minimum Gasteiger partial charge on any atom is -0.449 e. The fourth-order valence-electron chi connectivity index (χ4n) is 2.31. The Labute approximate surface area is 152 Å². The number of anilines is 1. The summed E-state index contributed by atoms with van der Waals surface area (Å²) in [6.45, 7) is 5.70. The summed E-state index contributed by atoms with van der Waals surface area (Å²) < 4.78 is 5.20. The average Bonchev–Trinajstić information content (AvgIpc) is 2.61. The number of nitrogens with zero attached hydrogens (tertiary/aromatic N) is 1. The Hall–Kier alpha value is -2.40. The molecule has 2 rings (SSSR count). The zero-order valence-corrected chi connectivity index (χ0v) is 15.2. The van der Waals surface area contributed by atoms with E-state index in [-0.39, 0.29) is 10.7 Å². The molecule has 0 unspecified atom stereocenters. The van der Waals surface area contributed by atoms with Gasteiger partial charge in [-0.3, -0.25) is 4.79 Å². The van der Waals surface area contributed by atoms with Crippen molar-refractivity contribution in [3.8, 4) is 0 Å². The summed E-state index contributed by atoms with van der Waals surface area (Å²) in [4.78, 5) is 28.3. The van der Waals surface area contributed by atoms with Gasteiger partial charge in [0.05, 0.1) is 5.56 Å². The van der Waals surface area contributed by atoms with E-state index in [1.54, 1.807) is 6.07 Å². The van der Waals surface area contributed by atoms with Crippen LogP contribution in [0.3, 0.4) is 0 Å². The van der Waals surface area contributed by atoms with Gasteiger partial charge in [-0.1, -0.05) is 43.6 Å². The second-order valence-corrected chi connectivity index (χ2v) is 6.13. The van der Waals surface area contributed by atoms with Gasteiger partial charge in [0.15, 0.2) is 6.10 Å². The SMILES string of the molecule is CC[C@H](C)c1ccccc1NC(=O)[C@@H](C)OC(=O)c1cccnc1Cl. The topological polar surface area (TPSA) is 68.3 Å². The molecule has 6 heteroatoms. The maximum atomic E-state index is 12.4. The van der Waals surface area contributed by atoms with Crippen molar-refractivity contribution >= 4 is 29.2 Å². The quantitative estimate of drug-likeness (QED) is 0.611. The van der Waals surface area contributed by atoms with Crippen molar-refractivity contribution in [1.82, 2.24) is 4.98 Å². The number of para-hydroxylation sites is 1. The molecule has 2 aromatic rings. The number of rotatable bonds is 6. The Morgan fingerprint density at radius 3 is 2.60 bits per heavy atom. The van der Waals surface area contributed by atoms with Crippen LogP contribution in [0.4, 0.5) is 5.69 Å². The summed E-state index contributed by atoms with van der Waals surface area (Å²) in [7, 11) is 0. The molecule has 25 heavy (non-hydrogen) atoms. The summed E-state index contributed by atoms with van der Waals surface area (Å²) >= 11 is 5.87. The van der Waals surface area contributed by atoms with Crippen LogP contribution in [-0.4, -0.2) is 23.0 Å². The van der Waals surface area contributed by atoms with Crippen LogP contribution in [0.2, 0.25) is 5.15 Å². The summed E-state index contributed by atoms with van der Waals surface area (Å²) in [5.74, 6) is -0.774. The van der Waals surface area contributed by atoms with E-state index in [0.717, 1.165) is 17.7 Å². The normalized spacial score (nSPS) is 13.0. The minimum absolute atomic E-state index is 0.0437. The van der Waals surface area contributed by atoms with Gasteiger partial charge >= 0.3 is 5.97 Å². The van der Waals surface area contributed by atoms with Crippen molar-refractivity contribution in [3.63, 3.8) is 0 Å². The second kappa shape index (κ2) is 8.62. The van der Waals surface area contributed by atoms with Gasteiger partial charge < -0.3 is 10.1 Å². The van der Waals surface area contributed by atoms with Crippen molar-refractivity contribution in [2.45, 2.75) is 39.2 Å². The van der Waals surface area contributed by atoms with Crippen LogP contribution in [0, 0.1) is 0 Å². The number of pyridine rings is 1. The van der Waals surface area contributed by atoms with Crippen LogP contribution in [0.15, 0.2) is 42.6 Å². The van der Waals surface area contributed by atoms with Crippen molar-refractivity contribution in [2.75, 3.05) is 5.32 Å². The summed E-state index contributed by atoms with van der Waals surface area (Å²) in [5, 5.41) is 2.88. The molecule has 0 spiro atoms. The van der Waals surface area contributed by atoms with E-state index in [9.17, 15) is 9.59 Å². The van der Waals surface area contributed by atoms with Gasteiger partial charge in [0.25, 0.3) is 5.91 Å². The van der Waals surface area contributed by atoms with Crippen LogP contribution >= 0.6 is 11.6 Å². The molecule has 1 N–H and O–H groups in total. The number of carbonyl (C=O) groups is 2. The van der Waals surface area contributed by atoms with Gasteiger partial charge in [-0.25, -0.2) is 9.78 Å². The fourth-order valence-corrected chi connectivity index (χ4v) is 2.51. The Bertz CT molecular complexity index is 764. The first kappa shape index (κ1) is 18.9. The lowest BCUT2D eigenvalue weighted by Crippen LogP contribution is -2.30. The lowest BCUT2D eigenvalue weighted by molar-refractivity contribution is -0.123. The standard InChI is InChI=1S/C19H21ClN2O3/c1-4-12(2)14-8-5-6-10-16(14)22-18(23)13(3)25-19(24)15-9-7-11-21-17(15)20/h5-13H,4H2,1-3H3,(H,22,23)/t12-,13+/m0/s1. The fraction of sp³-hybridized carbons (Fsp3) is 0.316. The van der Waals surface area contributed by atoms with Gasteiger partial charge in [0.1, 0.15) is 5.15 Å². The molecule has 0 fully saturated rings. The molecule has 0 aliphatic carbocycles. The molecule has 1 amide bonds. The highest BCUT2D eigenvalue weighted by Gasteiger charge is 2.22. The van der Waals surface area contributed by atoms with E-state index in [4.69, 9.17) is 16.3 Å². The molecule has 1 aromatic carbocycles. The molecule has 0 bridgehead atoms. The molecule has 0 aliphatic heterocycles. The number of halogens is 1. The smallest absolute Gasteiger partial charge is 0.342 e. The number of hydrogen-bond acceptors (Lipinski definition) is 4. The first-order valence-electron chi connectivity index (χ1n) is 8.15. The van der Waals surface area contributed by atoms with E-state index >= 15 is 0 Å². The van der Waals surface area contributed by atoms with Gasteiger partial charge in [-0.15, -0.1) is 0 Å². The maximum Gasteiger partial charge on any atom is 0.342 e. The highest BCUT2D eigenvalue weighted by molar-refractivity contribution is 6.32. The number of benzene rings is 1. The third kappa shape index (κ3) is 4.79. The molecule has 0 saturated carbocycles. The van der Waals surface area contributed by atoms with Crippen LogP contribution in [0.1, 0.15) is 49.0 Å². The van der Waals surface area contributed by atoms with Crippen LogP contribution in [0.25, 0.3) is 0 Å². The number of esters is 1. The summed E-state index contributed by atoms with van der Waals surface area (Å²) in [6, 6.07) is 10.7. The van der Waals surface area contributed by atoms with E-state index in [1.165, 1.54) is 19.2 Å². The first-order valence-corrected chi connectivity index (χ1v) is 8.53. The molecular formula is C19H21ClN2O3. The molecule has 0 saturated heterocycles. The molecule has 1 heterocycles. The first-order chi connectivity index (χ1) is 11.9. The third-order valence-corrected chi connectivity index (χ3v) is 4.30. The zero-order valence-electron chi connectivity index (χ0n) is 14.5. The number of hydrogen-bond donors (Lipinski definition) is 1. The van der Waals surface area contributed by atoms with E-state index in [0.29, 0.717) is 5.92 Å². The van der Waals surface area contributed by atoms with Gasteiger partial charge in [-0.2, -0.15) is 0 Å². The van der Waals surface area contributed by atoms with Crippen LogP contribution < -0.4 is 5.32 Å². The minimum atomic E-state index is -0.964. The van der Waals surface area contributed by atoms with Gasteiger partial charge in [-0.05, 0) is 43.0 Å². The lowest BCUT2D eigenvalue weighted by atomic mass is 9.97. The Balaban J connectivity index is 2.06. The van der Waals surface area contributed by atoms with Crippen molar-refractivity contribution in [3.05, 3.63) is 58.9 Å². The largest absolute Gasteiger partial charge is 0.449 e. The number of aromatic nitrogens is 1. The monoisotopic (exact) mass is 360 g/mol. The Kier molecular flexibility index (Phi) is 6.53. The molecule has 1 aromatic heterocycles. The molecular weight excluding hydrogens is 340 g/mol. The van der Waals surface area contributed by atoms with Crippen LogP contribution in [0.5, 0.6) is 0 Å². The second-order valence-electron chi connectivity index (χ2n) is 5.78. The van der Waals surface area contributed by atoms with Gasteiger partial charge in [0, 0.05) is 11.9 Å². The zero-order chi connectivity index (χ0) is 18.4. The number of carbonyl (C=O) groups excluding carboxylic acids is 2. The van der Waals surface area contributed by atoms with E-state index in [2.05, 4.69) is 24.1 Å². The highest BCUT2D eigenvalue weighted by atomic mass is 35.5. The van der Waals surface area contributed by atoms with Crippen LogP contribution in [-0.2, 0) is 9.53 Å². The Morgan fingerprint density at radius 2 is 1.92 bits per heavy atom. The average molecular weight is 361 g/mol. The number of nitrogens with one attached hydrogen (secondary N) is 1. The Morgan fingerprint density at radius 1 is 1.20 bits per heavy atom. The molecule has 5 nitrogen and oxygen atoms in total. The summed E-state index contributed by atoms with van der Waals surface area (Å²) in [5.41, 5.74) is 1.90. The maximum absolute atomic E-state index is 12.4. The predicted octanol–water partition coefficient (Wildman–Crippen LogP) is 4.43. The highest BCUT2D eigenvalue weighted by Crippen LogP contribution is 2.26. The molecule has 0 radical (unpaired) electrons. The van der Waals surface area contributed by atoms with E-state index in [1.807, 2.05) is 24.3 Å². The predicted molar refractivity (Wildman–Crippen MR) is 97.9 cm³/mol.